The highest BCUT2D eigenvalue weighted by atomic mass is 19.1. The lowest BCUT2D eigenvalue weighted by atomic mass is 10.2. The summed E-state index contributed by atoms with van der Waals surface area (Å²) < 4.78 is 13.6. The minimum absolute atomic E-state index is 0.203. The van der Waals surface area contributed by atoms with E-state index in [9.17, 15) is 4.39 Å². The number of hydrogen-bond acceptors (Lipinski definition) is 1. The minimum atomic E-state index is -0.203. The van der Waals surface area contributed by atoms with Gasteiger partial charge in [-0.05, 0) is 11.6 Å². The fraction of sp³-hybridized carbons (Fsp3) is 0.235. The van der Waals surface area contributed by atoms with Crippen LogP contribution in [0.15, 0.2) is 59.6 Å². The van der Waals surface area contributed by atoms with Gasteiger partial charge in [-0.15, -0.1) is 0 Å². The van der Waals surface area contributed by atoms with E-state index in [4.69, 9.17) is 0 Å². The van der Waals surface area contributed by atoms with Gasteiger partial charge in [0, 0.05) is 32.7 Å². The molecule has 0 heterocycles. The molecule has 0 amide bonds. The number of aliphatic imine (C=N–C) groups is 1. The molecule has 110 valence electrons. The maximum absolute atomic E-state index is 13.6. The fourth-order valence-corrected chi connectivity index (χ4v) is 2.13. The van der Waals surface area contributed by atoms with Gasteiger partial charge in [0.15, 0.2) is 5.96 Å². The van der Waals surface area contributed by atoms with Crippen LogP contribution in [0.3, 0.4) is 0 Å². The number of nitrogens with one attached hydrogen (secondary N) is 1. The summed E-state index contributed by atoms with van der Waals surface area (Å²) in [5.41, 5.74) is 1.83. The largest absolute Gasteiger partial charge is 0.352 e. The van der Waals surface area contributed by atoms with Crippen LogP contribution in [0.1, 0.15) is 11.1 Å². The third-order valence-corrected chi connectivity index (χ3v) is 3.23. The lowest BCUT2D eigenvalue weighted by molar-refractivity contribution is 0.475. The molecule has 21 heavy (non-hydrogen) atoms. The minimum Gasteiger partial charge on any atom is -0.352 e. The summed E-state index contributed by atoms with van der Waals surface area (Å²) in [6.07, 6.45) is 0. The standard InChI is InChI=1S/C17H20FN3/c1-19-17(20-12-15-10-6-7-11-16(15)18)21(2)13-14-8-4-3-5-9-14/h3-11H,12-13H2,1-2H3,(H,19,20). The fourth-order valence-electron chi connectivity index (χ4n) is 2.13. The first-order valence-corrected chi connectivity index (χ1v) is 6.90. The van der Waals surface area contributed by atoms with Gasteiger partial charge in [-0.1, -0.05) is 48.5 Å². The van der Waals surface area contributed by atoms with E-state index < -0.39 is 0 Å². The van der Waals surface area contributed by atoms with Crippen molar-refractivity contribution < 1.29 is 4.39 Å². The SMILES string of the molecule is CN=C(NCc1ccccc1F)N(C)Cc1ccccc1. The van der Waals surface area contributed by atoms with E-state index in [1.54, 1.807) is 19.2 Å². The van der Waals surface area contributed by atoms with Crippen LogP contribution in [0.25, 0.3) is 0 Å². The molecule has 0 bridgehead atoms. The Labute approximate surface area is 125 Å². The van der Waals surface area contributed by atoms with E-state index in [-0.39, 0.29) is 5.82 Å². The Morgan fingerprint density at radius 2 is 1.76 bits per heavy atom. The van der Waals surface area contributed by atoms with Crippen LogP contribution in [0.5, 0.6) is 0 Å². The molecule has 2 rings (SSSR count). The molecule has 0 aliphatic carbocycles. The first kappa shape index (κ1) is 15.0. The van der Waals surface area contributed by atoms with E-state index in [1.165, 1.54) is 11.6 Å². The van der Waals surface area contributed by atoms with Crippen LogP contribution >= 0.6 is 0 Å². The van der Waals surface area contributed by atoms with Crippen molar-refractivity contribution >= 4 is 5.96 Å². The Morgan fingerprint density at radius 1 is 1.10 bits per heavy atom. The Kier molecular flexibility index (Phi) is 5.32. The van der Waals surface area contributed by atoms with E-state index in [2.05, 4.69) is 22.4 Å². The topological polar surface area (TPSA) is 27.6 Å². The molecular formula is C17H20FN3. The Bertz CT molecular complexity index is 596. The van der Waals surface area contributed by atoms with Crippen molar-refractivity contribution in [1.29, 1.82) is 0 Å². The molecule has 0 atom stereocenters. The van der Waals surface area contributed by atoms with Crippen molar-refractivity contribution in [2.24, 2.45) is 4.99 Å². The summed E-state index contributed by atoms with van der Waals surface area (Å²) in [5.74, 6) is 0.535. The van der Waals surface area contributed by atoms with E-state index in [0.29, 0.717) is 12.1 Å². The molecule has 0 unspecified atom stereocenters. The molecule has 2 aromatic rings. The molecule has 0 aliphatic rings. The average molecular weight is 285 g/mol. The number of halogens is 1. The maximum Gasteiger partial charge on any atom is 0.193 e. The summed E-state index contributed by atoms with van der Waals surface area (Å²) in [6.45, 7) is 1.16. The lowest BCUT2D eigenvalue weighted by Crippen LogP contribution is -2.38. The highest BCUT2D eigenvalue weighted by Gasteiger charge is 2.07. The number of rotatable bonds is 4. The Hall–Kier alpha value is -2.36. The van der Waals surface area contributed by atoms with Gasteiger partial charge in [0.1, 0.15) is 5.82 Å². The molecule has 0 saturated heterocycles. The lowest BCUT2D eigenvalue weighted by Gasteiger charge is -2.22. The van der Waals surface area contributed by atoms with Crippen LogP contribution in [-0.2, 0) is 13.1 Å². The molecule has 0 fully saturated rings. The average Bonchev–Trinajstić information content (AvgIpc) is 2.50. The van der Waals surface area contributed by atoms with Crippen LogP contribution < -0.4 is 5.32 Å². The van der Waals surface area contributed by atoms with Crippen LogP contribution in [-0.4, -0.2) is 25.0 Å². The molecule has 0 aliphatic heterocycles. The van der Waals surface area contributed by atoms with Crippen molar-refractivity contribution in [3.63, 3.8) is 0 Å². The van der Waals surface area contributed by atoms with Crippen LogP contribution in [0.4, 0.5) is 4.39 Å². The van der Waals surface area contributed by atoms with E-state index in [0.717, 1.165) is 12.5 Å². The Morgan fingerprint density at radius 3 is 2.43 bits per heavy atom. The molecule has 3 nitrogen and oxygen atoms in total. The summed E-state index contributed by atoms with van der Waals surface area (Å²) in [7, 11) is 3.69. The first-order valence-electron chi connectivity index (χ1n) is 6.90. The quantitative estimate of drug-likeness (QED) is 0.690. The predicted molar refractivity (Wildman–Crippen MR) is 84.5 cm³/mol. The molecule has 4 heteroatoms. The molecule has 0 spiro atoms. The number of guanidine groups is 1. The molecular weight excluding hydrogens is 265 g/mol. The molecule has 0 radical (unpaired) electrons. The summed E-state index contributed by atoms with van der Waals surface area (Å²) in [4.78, 5) is 6.25. The second-order valence-electron chi connectivity index (χ2n) is 4.83. The van der Waals surface area contributed by atoms with Gasteiger partial charge in [0.05, 0.1) is 0 Å². The molecule has 2 aromatic carbocycles. The highest BCUT2D eigenvalue weighted by Crippen LogP contribution is 2.07. The Balaban J connectivity index is 1.95. The van der Waals surface area contributed by atoms with Crippen molar-refractivity contribution in [2.45, 2.75) is 13.1 Å². The normalized spacial score (nSPS) is 11.3. The van der Waals surface area contributed by atoms with Gasteiger partial charge in [-0.3, -0.25) is 4.99 Å². The van der Waals surface area contributed by atoms with Gasteiger partial charge in [-0.25, -0.2) is 4.39 Å². The first-order chi connectivity index (χ1) is 10.2. The molecule has 0 aromatic heterocycles. The molecule has 1 N–H and O–H groups in total. The monoisotopic (exact) mass is 285 g/mol. The van der Waals surface area contributed by atoms with Crippen molar-refractivity contribution in [2.75, 3.05) is 14.1 Å². The van der Waals surface area contributed by atoms with Gasteiger partial charge >= 0.3 is 0 Å². The molecule has 0 saturated carbocycles. The number of hydrogen-bond donors (Lipinski definition) is 1. The zero-order chi connectivity index (χ0) is 15.1. The van der Waals surface area contributed by atoms with Crippen LogP contribution in [0, 0.1) is 5.82 Å². The highest BCUT2D eigenvalue weighted by molar-refractivity contribution is 5.79. The van der Waals surface area contributed by atoms with Gasteiger partial charge in [0.25, 0.3) is 0 Å². The maximum atomic E-state index is 13.6. The van der Waals surface area contributed by atoms with Crippen molar-refractivity contribution in [1.82, 2.24) is 10.2 Å². The van der Waals surface area contributed by atoms with Crippen molar-refractivity contribution in [3.8, 4) is 0 Å². The smallest absolute Gasteiger partial charge is 0.193 e. The summed E-state index contributed by atoms with van der Waals surface area (Å²) in [5, 5.41) is 3.18. The third-order valence-electron chi connectivity index (χ3n) is 3.23. The van der Waals surface area contributed by atoms with Gasteiger partial charge in [0.2, 0.25) is 0 Å². The van der Waals surface area contributed by atoms with E-state index in [1.807, 2.05) is 36.2 Å². The van der Waals surface area contributed by atoms with Crippen molar-refractivity contribution in [3.05, 3.63) is 71.5 Å². The van der Waals surface area contributed by atoms with E-state index >= 15 is 0 Å². The zero-order valence-corrected chi connectivity index (χ0v) is 12.4. The second kappa shape index (κ2) is 7.43. The number of nitrogens with zero attached hydrogens (tertiary/aromatic N) is 2. The van der Waals surface area contributed by atoms with Gasteiger partial charge < -0.3 is 10.2 Å². The summed E-state index contributed by atoms with van der Waals surface area (Å²) >= 11 is 0. The van der Waals surface area contributed by atoms with Crippen LogP contribution in [0.2, 0.25) is 0 Å². The number of benzene rings is 2. The van der Waals surface area contributed by atoms with Gasteiger partial charge in [-0.2, -0.15) is 0 Å². The summed E-state index contributed by atoms with van der Waals surface area (Å²) in [6, 6.07) is 16.9. The predicted octanol–water partition coefficient (Wildman–Crippen LogP) is 3.03. The second-order valence-corrected chi connectivity index (χ2v) is 4.83. The zero-order valence-electron chi connectivity index (χ0n) is 12.4. The third kappa shape index (κ3) is 4.31.